The molecule has 1 aliphatic heterocycles. The van der Waals surface area contributed by atoms with Gasteiger partial charge in [-0.05, 0) is 29.7 Å². The van der Waals surface area contributed by atoms with E-state index in [2.05, 4.69) is 6.08 Å². The van der Waals surface area contributed by atoms with Crippen LogP contribution in [0.4, 0.5) is 0 Å². The average Bonchev–Trinajstić information content (AvgIpc) is 2.46. The van der Waals surface area contributed by atoms with Gasteiger partial charge in [0.15, 0.2) is 11.5 Å². The van der Waals surface area contributed by atoms with E-state index in [0.717, 1.165) is 18.5 Å². The molecule has 0 spiro atoms. The molecule has 0 radical (unpaired) electrons. The normalized spacial score (nSPS) is 15.6. The Morgan fingerprint density at radius 1 is 1.30 bits per heavy atom. The molecule has 0 aliphatic carbocycles. The number of methoxy groups -OCH3 is 2. The van der Waals surface area contributed by atoms with Crippen molar-refractivity contribution in [2.75, 3.05) is 33.9 Å². The molecule has 1 aromatic rings. The van der Waals surface area contributed by atoms with Gasteiger partial charge in [0.1, 0.15) is 0 Å². The van der Waals surface area contributed by atoms with Crippen LogP contribution in [0.3, 0.4) is 0 Å². The summed E-state index contributed by atoms with van der Waals surface area (Å²) in [6.45, 7) is 1.51. The fraction of sp³-hybridized carbons (Fsp3) is 0.400. The number of hydrogen-bond acceptors (Lipinski definition) is 4. The van der Waals surface area contributed by atoms with Gasteiger partial charge in [-0.2, -0.15) is 0 Å². The average molecular weight is 277 g/mol. The van der Waals surface area contributed by atoms with Crippen molar-refractivity contribution >= 4 is 11.5 Å². The standard InChI is InChI=1S/C15H19NO4/c1-19-13-4-3-12(9-14(13)20-2)11-5-7-16(8-6-11)10-15(17)18/h3-5,9H,6-8,10H2,1-2H3,(H,17,18). The Kier molecular flexibility index (Phi) is 4.63. The summed E-state index contributed by atoms with van der Waals surface area (Å²) < 4.78 is 10.5. The molecule has 1 aromatic carbocycles. The molecule has 108 valence electrons. The predicted molar refractivity (Wildman–Crippen MR) is 76.2 cm³/mol. The SMILES string of the molecule is COc1ccc(C2=CCN(CC(=O)O)CC2)cc1OC. The molecule has 2 rings (SSSR count). The van der Waals surface area contributed by atoms with Crippen molar-refractivity contribution in [1.82, 2.24) is 4.90 Å². The van der Waals surface area contributed by atoms with E-state index < -0.39 is 5.97 Å². The molecule has 0 atom stereocenters. The van der Waals surface area contributed by atoms with Crippen LogP contribution in [0.1, 0.15) is 12.0 Å². The molecule has 20 heavy (non-hydrogen) atoms. The largest absolute Gasteiger partial charge is 0.493 e. The van der Waals surface area contributed by atoms with Gasteiger partial charge in [-0.25, -0.2) is 0 Å². The minimum absolute atomic E-state index is 0.0930. The second-order valence-corrected chi connectivity index (χ2v) is 4.68. The van der Waals surface area contributed by atoms with Crippen molar-refractivity contribution in [2.45, 2.75) is 6.42 Å². The third-order valence-electron chi connectivity index (χ3n) is 3.41. The Morgan fingerprint density at radius 2 is 2.05 bits per heavy atom. The van der Waals surface area contributed by atoms with Crippen molar-refractivity contribution in [1.29, 1.82) is 0 Å². The number of hydrogen-bond donors (Lipinski definition) is 1. The van der Waals surface area contributed by atoms with Crippen molar-refractivity contribution in [2.24, 2.45) is 0 Å². The van der Waals surface area contributed by atoms with Gasteiger partial charge in [0.05, 0.1) is 20.8 Å². The molecule has 1 aliphatic rings. The van der Waals surface area contributed by atoms with Crippen molar-refractivity contribution in [3.63, 3.8) is 0 Å². The van der Waals surface area contributed by atoms with Gasteiger partial charge in [0.25, 0.3) is 0 Å². The molecule has 0 unspecified atom stereocenters. The summed E-state index contributed by atoms with van der Waals surface area (Å²) in [6, 6.07) is 5.84. The first-order valence-electron chi connectivity index (χ1n) is 6.49. The van der Waals surface area contributed by atoms with Crippen LogP contribution in [0.25, 0.3) is 5.57 Å². The molecule has 0 fully saturated rings. The topological polar surface area (TPSA) is 59.0 Å². The summed E-state index contributed by atoms with van der Waals surface area (Å²) in [5.74, 6) is 0.631. The zero-order valence-electron chi connectivity index (χ0n) is 11.8. The molecule has 0 aromatic heterocycles. The fourth-order valence-corrected chi connectivity index (χ4v) is 2.34. The van der Waals surface area contributed by atoms with Crippen LogP contribution in [0.15, 0.2) is 24.3 Å². The first kappa shape index (κ1) is 14.4. The van der Waals surface area contributed by atoms with Crippen molar-refractivity contribution in [3.05, 3.63) is 29.8 Å². The van der Waals surface area contributed by atoms with Crippen molar-refractivity contribution < 1.29 is 19.4 Å². The number of nitrogens with zero attached hydrogens (tertiary/aromatic N) is 1. The third-order valence-corrected chi connectivity index (χ3v) is 3.41. The number of aliphatic carboxylic acids is 1. The van der Waals surface area contributed by atoms with E-state index in [1.807, 2.05) is 23.1 Å². The summed E-state index contributed by atoms with van der Waals surface area (Å²) in [6.07, 6.45) is 2.91. The van der Waals surface area contributed by atoms with E-state index in [1.165, 1.54) is 5.57 Å². The highest BCUT2D eigenvalue weighted by Gasteiger charge is 2.16. The number of rotatable bonds is 5. The molecule has 5 nitrogen and oxygen atoms in total. The Bertz CT molecular complexity index is 525. The Morgan fingerprint density at radius 3 is 2.60 bits per heavy atom. The lowest BCUT2D eigenvalue weighted by Crippen LogP contribution is -2.33. The highest BCUT2D eigenvalue weighted by molar-refractivity contribution is 5.71. The Balaban J connectivity index is 2.13. The molecule has 5 heteroatoms. The van der Waals surface area contributed by atoms with Gasteiger partial charge < -0.3 is 14.6 Å². The Hall–Kier alpha value is -2.01. The number of carbonyl (C=O) groups is 1. The zero-order chi connectivity index (χ0) is 14.5. The smallest absolute Gasteiger partial charge is 0.317 e. The van der Waals surface area contributed by atoms with Crippen LogP contribution in [0.5, 0.6) is 11.5 Å². The van der Waals surface area contributed by atoms with Crippen LogP contribution in [-0.2, 0) is 4.79 Å². The quantitative estimate of drug-likeness (QED) is 0.890. The molecule has 1 N–H and O–H groups in total. The zero-order valence-corrected chi connectivity index (χ0v) is 11.8. The highest BCUT2D eigenvalue weighted by Crippen LogP contribution is 2.32. The number of ether oxygens (including phenoxy) is 2. The van der Waals surface area contributed by atoms with E-state index in [4.69, 9.17) is 14.6 Å². The molecular formula is C15H19NO4. The van der Waals surface area contributed by atoms with E-state index >= 15 is 0 Å². The maximum Gasteiger partial charge on any atom is 0.317 e. The fourth-order valence-electron chi connectivity index (χ4n) is 2.34. The van der Waals surface area contributed by atoms with Gasteiger partial charge in [-0.1, -0.05) is 12.1 Å². The van der Waals surface area contributed by atoms with Gasteiger partial charge in [0.2, 0.25) is 0 Å². The second kappa shape index (κ2) is 6.43. The first-order valence-corrected chi connectivity index (χ1v) is 6.49. The molecule has 0 bridgehead atoms. The maximum atomic E-state index is 10.7. The summed E-state index contributed by atoms with van der Waals surface area (Å²) >= 11 is 0. The molecule has 0 amide bonds. The summed E-state index contributed by atoms with van der Waals surface area (Å²) in [5, 5.41) is 8.78. The van der Waals surface area contributed by atoms with Gasteiger partial charge in [0, 0.05) is 13.1 Å². The van der Waals surface area contributed by atoms with Crippen LogP contribution in [-0.4, -0.2) is 49.8 Å². The minimum Gasteiger partial charge on any atom is -0.493 e. The summed E-state index contributed by atoms with van der Waals surface area (Å²) in [7, 11) is 3.23. The van der Waals surface area contributed by atoms with E-state index in [-0.39, 0.29) is 6.54 Å². The number of benzene rings is 1. The Labute approximate surface area is 118 Å². The minimum atomic E-state index is -0.784. The lowest BCUT2D eigenvalue weighted by molar-refractivity contribution is -0.138. The lowest BCUT2D eigenvalue weighted by atomic mass is 9.99. The molecular weight excluding hydrogens is 258 g/mol. The van der Waals surface area contributed by atoms with Crippen LogP contribution in [0.2, 0.25) is 0 Å². The van der Waals surface area contributed by atoms with Gasteiger partial charge in [-0.15, -0.1) is 0 Å². The second-order valence-electron chi connectivity index (χ2n) is 4.68. The monoisotopic (exact) mass is 277 g/mol. The van der Waals surface area contributed by atoms with Gasteiger partial charge in [-0.3, -0.25) is 9.69 Å². The summed E-state index contributed by atoms with van der Waals surface area (Å²) in [4.78, 5) is 12.6. The first-order chi connectivity index (χ1) is 9.63. The third kappa shape index (κ3) is 3.30. The summed E-state index contributed by atoms with van der Waals surface area (Å²) in [5.41, 5.74) is 2.31. The number of carboxylic acid groups (broad SMARTS) is 1. The molecule has 0 saturated carbocycles. The van der Waals surface area contributed by atoms with E-state index in [1.54, 1.807) is 14.2 Å². The highest BCUT2D eigenvalue weighted by atomic mass is 16.5. The molecule has 0 saturated heterocycles. The molecule has 1 heterocycles. The van der Waals surface area contributed by atoms with E-state index in [0.29, 0.717) is 18.0 Å². The van der Waals surface area contributed by atoms with Crippen LogP contribution >= 0.6 is 0 Å². The van der Waals surface area contributed by atoms with Gasteiger partial charge >= 0.3 is 5.97 Å². The predicted octanol–water partition coefficient (Wildman–Crippen LogP) is 1.88. The number of carboxylic acids is 1. The maximum absolute atomic E-state index is 10.7. The van der Waals surface area contributed by atoms with E-state index in [9.17, 15) is 4.79 Å². The van der Waals surface area contributed by atoms with Crippen molar-refractivity contribution in [3.8, 4) is 11.5 Å². The lowest BCUT2D eigenvalue weighted by Gasteiger charge is -2.25. The van der Waals surface area contributed by atoms with Crippen LogP contribution < -0.4 is 9.47 Å². The van der Waals surface area contributed by atoms with Crippen LogP contribution in [0, 0.1) is 0 Å².